The summed E-state index contributed by atoms with van der Waals surface area (Å²) in [5.41, 5.74) is 2.18. The molecule has 0 fully saturated rings. The van der Waals surface area contributed by atoms with Crippen LogP contribution in [0.25, 0.3) is 0 Å². The van der Waals surface area contributed by atoms with Crippen molar-refractivity contribution in [1.29, 1.82) is 0 Å². The summed E-state index contributed by atoms with van der Waals surface area (Å²) in [5, 5.41) is 11.8. The van der Waals surface area contributed by atoms with Crippen molar-refractivity contribution in [2.75, 3.05) is 5.32 Å². The van der Waals surface area contributed by atoms with Crippen molar-refractivity contribution >= 4 is 23.5 Å². The second-order valence-corrected chi connectivity index (χ2v) is 7.00. The number of benzene rings is 2. The summed E-state index contributed by atoms with van der Waals surface area (Å²) < 4.78 is 8.88. The van der Waals surface area contributed by atoms with E-state index in [9.17, 15) is 4.79 Å². The number of para-hydroxylation sites is 1. The minimum atomic E-state index is -0.403. The van der Waals surface area contributed by atoms with E-state index in [0.717, 1.165) is 16.9 Å². The quantitative estimate of drug-likeness (QED) is 0.490. The van der Waals surface area contributed by atoms with Crippen LogP contribution in [-0.4, -0.2) is 30.5 Å². The van der Waals surface area contributed by atoms with Gasteiger partial charge >= 0.3 is 0 Å². The van der Waals surface area contributed by atoms with Gasteiger partial charge in [-0.15, -0.1) is 5.10 Å². The number of ether oxygens (including phenoxy) is 1. The number of carbonyl (C=O) groups excluding carboxylic acids is 1. The SMILES string of the molecule is Cc1ccccc1OCn1ccc(C(=O)Nc2ncn(Cc3ccccc3Cl)n2)n1. The minimum Gasteiger partial charge on any atom is -0.471 e. The molecule has 2 aromatic heterocycles. The molecule has 30 heavy (non-hydrogen) atoms. The number of halogens is 1. The van der Waals surface area contributed by atoms with Crippen molar-refractivity contribution < 1.29 is 9.53 Å². The van der Waals surface area contributed by atoms with Gasteiger partial charge in [0.2, 0.25) is 5.95 Å². The molecule has 4 rings (SSSR count). The van der Waals surface area contributed by atoms with Crippen LogP contribution in [-0.2, 0) is 13.3 Å². The van der Waals surface area contributed by atoms with Gasteiger partial charge in [0.05, 0.1) is 6.54 Å². The molecule has 0 saturated heterocycles. The molecule has 1 amide bonds. The number of hydrogen-bond acceptors (Lipinski definition) is 5. The van der Waals surface area contributed by atoms with E-state index in [1.54, 1.807) is 21.6 Å². The zero-order valence-corrected chi connectivity index (χ0v) is 17.0. The predicted octanol–water partition coefficient (Wildman–Crippen LogP) is 3.77. The van der Waals surface area contributed by atoms with E-state index in [1.165, 1.54) is 6.33 Å². The summed E-state index contributed by atoms with van der Waals surface area (Å²) in [6.07, 6.45) is 3.21. The molecule has 0 unspecified atom stereocenters. The Morgan fingerprint density at radius 2 is 1.87 bits per heavy atom. The van der Waals surface area contributed by atoms with Gasteiger partial charge in [0.15, 0.2) is 12.4 Å². The first kappa shape index (κ1) is 19.7. The Hall–Kier alpha value is -3.65. The van der Waals surface area contributed by atoms with E-state index in [1.807, 2.05) is 55.5 Å². The topological polar surface area (TPSA) is 86.9 Å². The second-order valence-electron chi connectivity index (χ2n) is 6.59. The monoisotopic (exact) mass is 422 g/mol. The first-order valence-corrected chi connectivity index (χ1v) is 9.62. The average Bonchev–Trinajstić information content (AvgIpc) is 3.39. The smallest absolute Gasteiger partial charge is 0.278 e. The Bertz CT molecular complexity index is 1170. The molecule has 4 aromatic rings. The summed E-state index contributed by atoms with van der Waals surface area (Å²) in [6.45, 7) is 2.62. The fraction of sp³-hybridized carbons (Fsp3) is 0.143. The summed E-state index contributed by atoms with van der Waals surface area (Å²) >= 11 is 6.17. The van der Waals surface area contributed by atoms with Crippen molar-refractivity contribution in [3.8, 4) is 5.75 Å². The van der Waals surface area contributed by atoms with Crippen LogP contribution in [0.15, 0.2) is 67.1 Å². The lowest BCUT2D eigenvalue weighted by Crippen LogP contribution is -2.15. The maximum atomic E-state index is 12.4. The summed E-state index contributed by atoms with van der Waals surface area (Å²) in [6, 6.07) is 16.8. The maximum Gasteiger partial charge on any atom is 0.278 e. The van der Waals surface area contributed by atoms with Crippen molar-refractivity contribution in [3.63, 3.8) is 0 Å². The highest BCUT2D eigenvalue weighted by molar-refractivity contribution is 6.31. The van der Waals surface area contributed by atoms with E-state index >= 15 is 0 Å². The highest BCUT2D eigenvalue weighted by Crippen LogP contribution is 2.17. The van der Waals surface area contributed by atoms with Gasteiger partial charge in [-0.2, -0.15) is 5.10 Å². The van der Waals surface area contributed by atoms with Crippen LogP contribution in [0.4, 0.5) is 5.95 Å². The molecule has 0 saturated carbocycles. The molecule has 2 heterocycles. The molecule has 0 spiro atoms. The molecule has 0 radical (unpaired) electrons. The third-order valence-corrected chi connectivity index (χ3v) is 4.74. The lowest BCUT2D eigenvalue weighted by atomic mass is 10.2. The Kier molecular flexibility index (Phi) is 5.76. The van der Waals surface area contributed by atoms with E-state index in [2.05, 4.69) is 20.5 Å². The molecule has 8 nitrogen and oxygen atoms in total. The van der Waals surface area contributed by atoms with Crippen molar-refractivity contribution in [3.05, 3.63) is 89.0 Å². The summed E-state index contributed by atoms with van der Waals surface area (Å²) in [4.78, 5) is 16.6. The molecule has 0 aliphatic heterocycles. The van der Waals surface area contributed by atoms with Gasteiger partial charge in [-0.05, 0) is 36.2 Å². The van der Waals surface area contributed by atoms with Crippen LogP contribution in [0.1, 0.15) is 21.6 Å². The number of carbonyl (C=O) groups is 1. The molecule has 9 heteroatoms. The fourth-order valence-corrected chi connectivity index (χ4v) is 3.00. The minimum absolute atomic E-state index is 0.192. The summed E-state index contributed by atoms with van der Waals surface area (Å²) in [7, 11) is 0. The molecule has 1 N–H and O–H groups in total. The van der Waals surface area contributed by atoms with Crippen molar-refractivity contribution in [2.24, 2.45) is 0 Å². The normalized spacial score (nSPS) is 10.7. The van der Waals surface area contributed by atoms with Crippen LogP contribution in [0.3, 0.4) is 0 Å². The molecule has 0 aliphatic carbocycles. The van der Waals surface area contributed by atoms with Crippen LogP contribution in [0.5, 0.6) is 5.75 Å². The second kappa shape index (κ2) is 8.79. The van der Waals surface area contributed by atoms with E-state index in [-0.39, 0.29) is 18.4 Å². The predicted molar refractivity (Wildman–Crippen MR) is 113 cm³/mol. The number of rotatable bonds is 7. The number of nitrogens with zero attached hydrogens (tertiary/aromatic N) is 5. The van der Waals surface area contributed by atoms with Gasteiger partial charge in [-0.3, -0.25) is 10.1 Å². The van der Waals surface area contributed by atoms with Crippen LogP contribution in [0.2, 0.25) is 5.02 Å². The lowest BCUT2D eigenvalue weighted by Gasteiger charge is -2.08. The van der Waals surface area contributed by atoms with Crippen molar-refractivity contribution in [2.45, 2.75) is 20.2 Å². The average molecular weight is 423 g/mol. The fourth-order valence-electron chi connectivity index (χ4n) is 2.80. The Balaban J connectivity index is 1.35. The molecular formula is C21H19ClN6O2. The third-order valence-electron chi connectivity index (χ3n) is 4.37. The lowest BCUT2D eigenvalue weighted by molar-refractivity contribution is 0.101. The van der Waals surface area contributed by atoms with E-state index in [4.69, 9.17) is 16.3 Å². The number of aryl methyl sites for hydroxylation is 1. The standard InChI is InChI=1S/C21H19ClN6O2/c1-15-6-2-5-9-19(15)30-14-27-11-10-18(25-27)20(29)24-21-23-13-28(26-21)12-16-7-3-4-8-17(16)22/h2-11,13H,12,14H2,1H3,(H,24,26,29). The van der Waals surface area contributed by atoms with Gasteiger partial charge < -0.3 is 4.74 Å². The number of hydrogen-bond donors (Lipinski definition) is 1. The Morgan fingerprint density at radius 1 is 1.07 bits per heavy atom. The van der Waals surface area contributed by atoms with E-state index in [0.29, 0.717) is 11.6 Å². The van der Waals surface area contributed by atoms with E-state index < -0.39 is 5.91 Å². The number of amides is 1. The van der Waals surface area contributed by atoms with Gasteiger partial charge in [0.1, 0.15) is 12.1 Å². The maximum absolute atomic E-state index is 12.4. The largest absolute Gasteiger partial charge is 0.471 e. The van der Waals surface area contributed by atoms with Gasteiger partial charge in [-0.25, -0.2) is 14.3 Å². The van der Waals surface area contributed by atoms with Crippen LogP contribution < -0.4 is 10.1 Å². The molecular weight excluding hydrogens is 404 g/mol. The van der Waals surface area contributed by atoms with Crippen LogP contribution >= 0.6 is 11.6 Å². The molecule has 0 atom stereocenters. The molecule has 0 bridgehead atoms. The Labute approximate surface area is 178 Å². The summed E-state index contributed by atoms with van der Waals surface area (Å²) in [5.74, 6) is 0.560. The first-order valence-electron chi connectivity index (χ1n) is 9.24. The molecule has 2 aromatic carbocycles. The zero-order chi connectivity index (χ0) is 20.9. The number of anilines is 1. The highest BCUT2D eigenvalue weighted by atomic mass is 35.5. The van der Waals surface area contributed by atoms with Gasteiger partial charge in [0, 0.05) is 11.2 Å². The van der Waals surface area contributed by atoms with Crippen molar-refractivity contribution in [1.82, 2.24) is 24.5 Å². The molecule has 0 aliphatic rings. The number of aromatic nitrogens is 5. The Morgan fingerprint density at radius 3 is 2.70 bits per heavy atom. The third kappa shape index (κ3) is 4.66. The highest BCUT2D eigenvalue weighted by Gasteiger charge is 2.13. The van der Waals surface area contributed by atoms with Gasteiger partial charge in [0.25, 0.3) is 5.91 Å². The number of nitrogens with one attached hydrogen (secondary N) is 1. The van der Waals surface area contributed by atoms with Crippen LogP contribution in [0, 0.1) is 6.92 Å². The van der Waals surface area contributed by atoms with Gasteiger partial charge in [-0.1, -0.05) is 48.0 Å². The first-order chi connectivity index (χ1) is 14.6. The molecule has 152 valence electrons. The zero-order valence-electron chi connectivity index (χ0n) is 16.2.